The van der Waals surface area contributed by atoms with E-state index in [0.29, 0.717) is 0 Å². The lowest BCUT2D eigenvalue weighted by Crippen LogP contribution is -2.18. The Morgan fingerprint density at radius 2 is 1.68 bits per heavy atom. The summed E-state index contributed by atoms with van der Waals surface area (Å²) in [6.45, 7) is 1.28. The van der Waals surface area contributed by atoms with E-state index in [9.17, 15) is 31.1 Å². The minimum absolute atomic E-state index is 0.0946. The smallest absolute Gasteiger partial charge is 0.417 e. The highest BCUT2D eigenvalue weighted by atomic mass is 19.4. The van der Waals surface area contributed by atoms with E-state index in [-0.39, 0.29) is 18.7 Å². The van der Waals surface area contributed by atoms with Crippen molar-refractivity contribution in [1.82, 2.24) is 0 Å². The third kappa shape index (κ3) is 4.13. The first-order chi connectivity index (χ1) is 10.0. The molecule has 0 saturated carbocycles. The summed E-state index contributed by atoms with van der Waals surface area (Å²) in [4.78, 5) is 11.3. The quantitative estimate of drug-likeness (QED) is 0.629. The van der Waals surface area contributed by atoms with Gasteiger partial charge in [-0.3, -0.25) is 4.79 Å². The highest BCUT2D eigenvalue weighted by Crippen LogP contribution is 2.38. The molecule has 120 valence electrons. The Morgan fingerprint density at radius 3 is 2.09 bits per heavy atom. The Hall–Kier alpha value is -2.24. The van der Waals surface area contributed by atoms with Crippen LogP contribution in [0.25, 0.3) is 0 Å². The number of esters is 1. The molecule has 22 heavy (non-hydrogen) atoms. The second kappa shape index (κ2) is 6.25. The van der Waals surface area contributed by atoms with Gasteiger partial charge < -0.3 is 4.74 Å². The zero-order valence-electron chi connectivity index (χ0n) is 11.1. The average Bonchev–Trinajstić information content (AvgIpc) is 2.36. The fourth-order valence-electron chi connectivity index (χ4n) is 1.75. The molecular formula is C13H9F6NO2. The second-order valence-corrected chi connectivity index (χ2v) is 4.14. The zero-order valence-corrected chi connectivity index (χ0v) is 11.1. The minimum Gasteiger partial charge on any atom is -0.466 e. The van der Waals surface area contributed by atoms with Crippen LogP contribution in [-0.4, -0.2) is 12.6 Å². The van der Waals surface area contributed by atoms with Crippen molar-refractivity contribution >= 4 is 5.97 Å². The SMILES string of the molecule is CCOC(=O)Cc1cc(C(F)(F)F)c(C#N)cc1C(F)(F)F. The van der Waals surface area contributed by atoms with Crippen LogP contribution in [0.15, 0.2) is 12.1 Å². The van der Waals surface area contributed by atoms with Crippen LogP contribution >= 0.6 is 0 Å². The molecule has 0 aliphatic heterocycles. The van der Waals surface area contributed by atoms with Gasteiger partial charge in [-0.25, -0.2) is 0 Å². The molecule has 9 heteroatoms. The Labute approximate surface area is 121 Å². The number of carbonyl (C=O) groups excluding carboxylic acids is 1. The van der Waals surface area contributed by atoms with Crippen molar-refractivity contribution in [3.63, 3.8) is 0 Å². The van der Waals surface area contributed by atoms with Gasteiger partial charge in [0, 0.05) is 0 Å². The average molecular weight is 325 g/mol. The fourth-order valence-corrected chi connectivity index (χ4v) is 1.75. The summed E-state index contributed by atoms with van der Waals surface area (Å²) < 4.78 is 81.4. The van der Waals surface area contributed by atoms with E-state index in [0.717, 1.165) is 6.07 Å². The Kier molecular flexibility index (Phi) is 5.06. The van der Waals surface area contributed by atoms with E-state index in [4.69, 9.17) is 5.26 Å². The molecule has 0 bridgehead atoms. The highest BCUT2D eigenvalue weighted by molar-refractivity contribution is 5.73. The van der Waals surface area contributed by atoms with Crippen LogP contribution < -0.4 is 0 Å². The van der Waals surface area contributed by atoms with Gasteiger partial charge in [0.15, 0.2) is 0 Å². The van der Waals surface area contributed by atoms with Crippen LogP contribution in [0.2, 0.25) is 0 Å². The van der Waals surface area contributed by atoms with Crippen LogP contribution in [0.5, 0.6) is 0 Å². The number of ether oxygens (including phenoxy) is 1. The van der Waals surface area contributed by atoms with Gasteiger partial charge in [0.1, 0.15) is 0 Å². The molecule has 0 aromatic heterocycles. The van der Waals surface area contributed by atoms with E-state index < -0.39 is 47.0 Å². The molecule has 0 spiro atoms. The Balaban J connectivity index is 3.50. The fraction of sp³-hybridized carbons (Fsp3) is 0.385. The highest BCUT2D eigenvalue weighted by Gasteiger charge is 2.39. The van der Waals surface area contributed by atoms with Gasteiger partial charge in [-0.15, -0.1) is 0 Å². The number of hydrogen-bond acceptors (Lipinski definition) is 3. The normalized spacial score (nSPS) is 11.9. The van der Waals surface area contributed by atoms with Crippen LogP contribution in [0.1, 0.15) is 29.2 Å². The third-order valence-corrected chi connectivity index (χ3v) is 2.61. The number of hydrogen-bond donors (Lipinski definition) is 0. The first-order valence-corrected chi connectivity index (χ1v) is 5.87. The van der Waals surface area contributed by atoms with Crippen LogP contribution in [-0.2, 0) is 28.3 Å². The molecule has 0 aliphatic carbocycles. The molecule has 1 rings (SSSR count). The van der Waals surface area contributed by atoms with Crippen LogP contribution in [0.3, 0.4) is 0 Å². The first-order valence-electron chi connectivity index (χ1n) is 5.87. The van der Waals surface area contributed by atoms with Crippen molar-refractivity contribution in [1.29, 1.82) is 5.26 Å². The third-order valence-electron chi connectivity index (χ3n) is 2.61. The van der Waals surface area contributed by atoms with E-state index in [1.165, 1.54) is 6.92 Å². The van der Waals surface area contributed by atoms with E-state index in [1.807, 2.05) is 0 Å². The summed E-state index contributed by atoms with van der Waals surface area (Å²) in [7, 11) is 0. The first kappa shape index (κ1) is 17.8. The minimum atomic E-state index is -5.02. The van der Waals surface area contributed by atoms with Crippen molar-refractivity contribution in [2.75, 3.05) is 6.61 Å². The van der Waals surface area contributed by atoms with Gasteiger partial charge in [-0.05, 0) is 24.6 Å². The molecule has 0 fully saturated rings. The number of rotatable bonds is 3. The summed E-state index contributed by atoms with van der Waals surface area (Å²) in [6.07, 6.45) is -11.0. The standard InChI is InChI=1S/C13H9F6NO2/c1-2-22-11(21)5-7-3-10(13(17,18)19)8(6-20)4-9(7)12(14,15)16/h3-4H,2,5H2,1H3. The maximum atomic E-state index is 12.9. The predicted molar refractivity (Wildman–Crippen MR) is 61.5 cm³/mol. The lowest BCUT2D eigenvalue weighted by Gasteiger charge is -2.17. The molecular weight excluding hydrogens is 316 g/mol. The number of nitrogens with zero attached hydrogens (tertiary/aromatic N) is 1. The second-order valence-electron chi connectivity index (χ2n) is 4.14. The van der Waals surface area contributed by atoms with Crippen molar-refractivity contribution in [3.05, 3.63) is 34.4 Å². The van der Waals surface area contributed by atoms with E-state index >= 15 is 0 Å². The largest absolute Gasteiger partial charge is 0.466 e. The van der Waals surface area contributed by atoms with Gasteiger partial charge in [-0.1, -0.05) is 0 Å². The zero-order chi connectivity index (χ0) is 17.1. The van der Waals surface area contributed by atoms with Gasteiger partial charge >= 0.3 is 18.3 Å². The monoisotopic (exact) mass is 325 g/mol. The Bertz CT molecular complexity index is 613. The summed E-state index contributed by atoms with van der Waals surface area (Å²) in [5.41, 5.74) is -5.04. The maximum Gasteiger partial charge on any atom is 0.417 e. The number of halogens is 6. The van der Waals surface area contributed by atoms with Crippen molar-refractivity contribution < 1.29 is 35.9 Å². The van der Waals surface area contributed by atoms with Gasteiger partial charge in [0.2, 0.25) is 0 Å². The van der Waals surface area contributed by atoms with Crippen molar-refractivity contribution in [3.8, 4) is 6.07 Å². The van der Waals surface area contributed by atoms with Crippen LogP contribution in [0, 0.1) is 11.3 Å². The molecule has 0 amide bonds. The maximum absolute atomic E-state index is 12.9. The van der Waals surface area contributed by atoms with Gasteiger partial charge in [0.05, 0.1) is 35.8 Å². The van der Waals surface area contributed by atoms with Gasteiger partial charge in [0.25, 0.3) is 0 Å². The summed E-state index contributed by atoms with van der Waals surface area (Å²) >= 11 is 0. The molecule has 1 aromatic rings. The molecule has 3 nitrogen and oxygen atoms in total. The molecule has 0 aliphatic rings. The van der Waals surface area contributed by atoms with E-state index in [1.54, 1.807) is 0 Å². The number of nitriles is 1. The summed E-state index contributed by atoms with van der Waals surface area (Å²) in [6, 6.07) is 1.34. The lowest BCUT2D eigenvalue weighted by molar-refractivity contribution is -0.145. The molecule has 1 aromatic carbocycles. The Morgan fingerprint density at radius 1 is 1.14 bits per heavy atom. The summed E-state index contributed by atoms with van der Waals surface area (Å²) in [5.74, 6) is -1.09. The van der Waals surface area contributed by atoms with E-state index in [2.05, 4.69) is 4.74 Å². The molecule has 0 radical (unpaired) electrons. The van der Waals surface area contributed by atoms with Crippen LogP contribution in [0.4, 0.5) is 26.3 Å². The molecule has 0 unspecified atom stereocenters. The summed E-state index contributed by atoms with van der Waals surface area (Å²) in [5, 5.41) is 8.62. The number of benzene rings is 1. The number of alkyl halides is 6. The van der Waals surface area contributed by atoms with Gasteiger partial charge in [-0.2, -0.15) is 31.6 Å². The molecule has 0 atom stereocenters. The van der Waals surface area contributed by atoms with Crippen molar-refractivity contribution in [2.45, 2.75) is 25.7 Å². The predicted octanol–water partition coefficient (Wildman–Crippen LogP) is 3.70. The van der Waals surface area contributed by atoms with Crippen molar-refractivity contribution in [2.24, 2.45) is 0 Å². The molecule has 0 heterocycles. The lowest BCUT2D eigenvalue weighted by atomic mass is 9.96. The molecule has 0 saturated heterocycles. The molecule has 0 N–H and O–H groups in total. The number of carbonyl (C=O) groups is 1. The topological polar surface area (TPSA) is 50.1 Å².